The second-order valence-corrected chi connectivity index (χ2v) is 3.54. The third-order valence-corrected chi connectivity index (χ3v) is 2.54. The smallest absolute Gasteiger partial charge is 0.126 e. The molecule has 0 N–H and O–H groups in total. The average molecular weight is 212 g/mol. The van der Waals surface area contributed by atoms with Gasteiger partial charge in [0.05, 0.1) is 7.11 Å². The zero-order valence-electron chi connectivity index (χ0n) is 9.27. The molecule has 80 valence electrons. The lowest BCUT2D eigenvalue weighted by Crippen LogP contribution is -1.87. The third kappa shape index (κ3) is 1.66. The molecule has 0 unspecified atom stereocenters. The highest BCUT2D eigenvalue weighted by atomic mass is 16.5. The molecular weight excluding hydrogens is 200 g/mol. The van der Waals surface area contributed by atoms with Gasteiger partial charge in [0.25, 0.3) is 0 Å². The molecule has 3 nitrogen and oxygen atoms in total. The fourth-order valence-corrected chi connectivity index (χ4v) is 1.71. The summed E-state index contributed by atoms with van der Waals surface area (Å²) in [5.74, 6) is 0.817. The van der Waals surface area contributed by atoms with Crippen LogP contribution in [0.15, 0.2) is 36.5 Å². The van der Waals surface area contributed by atoms with E-state index in [9.17, 15) is 0 Å². The van der Waals surface area contributed by atoms with Crippen LogP contribution in [0, 0.1) is 11.3 Å². The van der Waals surface area contributed by atoms with Crippen LogP contribution in [0.2, 0.25) is 0 Å². The Morgan fingerprint density at radius 1 is 1.31 bits per heavy atom. The second kappa shape index (κ2) is 4.11. The van der Waals surface area contributed by atoms with Gasteiger partial charge in [0, 0.05) is 24.4 Å². The van der Waals surface area contributed by atoms with Gasteiger partial charge in [-0.1, -0.05) is 18.2 Å². The van der Waals surface area contributed by atoms with E-state index in [0.717, 1.165) is 16.9 Å². The highest BCUT2D eigenvalue weighted by Gasteiger charge is 2.08. The maximum Gasteiger partial charge on any atom is 0.126 e. The van der Waals surface area contributed by atoms with Crippen LogP contribution in [0.1, 0.15) is 5.69 Å². The maximum absolute atomic E-state index is 8.90. The molecule has 0 aliphatic heterocycles. The fourth-order valence-electron chi connectivity index (χ4n) is 1.71. The van der Waals surface area contributed by atoms with Gasteiger partial charge in [0.1, 0.15) is 17.5 Å². The van der Waals surface area contributed by atoms with Crippen LogP contribution in [-0.4, -0.2) is 11.7 Å². The molecule has 0 saturated heterocycles. The number of hydrogen-bond acceptors (Lipinski definition) is 2. The maximum atomic E-state index is 8.90. The van der Waals surface area contributed by atoms with Crippen LogP contribution in [0.5, 0.6) is 5.75 Å². The van der Waals surface area contributed by atoms with Gasteiger partial charge >= 0.3 is 0 Å². The Bertz CT molecular complexity index is 549. The molecule has 2 aromatic rings. The standard InChI is InChI=1S/C13H12N2O/c1-15-9-10(7-11(15)8-14)12-5-3-4-6-13(12)16-2/h3-7,9H,1-2H3. The Labute approximate surface area is 94.5 Å². The van der Waals surface area contributed by atoms with Gasteiger partial charge in [-0.05, 0) is 12.1 Å². The van der Waals surface area contributed by atoms with E-state index in [4.69, 9.17) is 10.00 Å². The van der Waals surface area contributed by atoms with Crippen LogP contribution in [0.3, 0.4) is 0 Å². The van der Waals surface area contributed by atoms with E-state index in [1.54, 1.807) is 7.11 Å². The van der Waals surface area contributed by atoms with Crippen molar-refractivity contribution in [1.82, 2.24) is 4.57 Å². The number of hydrogen-bond donors (Lipinski definition) is 0. The number of ether oxygens (including phenoxy) is 1. The Balaban J connectivity index is 2.55. The molecule has 2 rings (SSSR count). The van der Waals surface area contributed by atoms with Crippen LogP contribution in [0.25, 0.3) is 11.1 Å². The van der Waals surface area contributed by atoms with E-state index < -0.39 is 0 Å². The summed E-state index contributed by atoms with van der Waals surface area (Å²) in [7, 11) is 3.50. The van der Waals surface area contributed by atoms with Gasteiger partial charge in [-0.15, -0.1) is 0 Å². The van der Waals surface area contributed by atoms with Crippen molar-refractivity contribution < 1.29 is 4.74 Å². The van der Waals surface area contributed by atoms with Crippen LogP contribution >= 0.6 is 0 Å². The molecule has 0 radical (unpaired) electrons. The van der Waals surface area contributed by atoms with E-state index >= 15 is 0 Å². The van der Waals surface area contributed by atoms with Gasteiger partial charge in [-0.2, -0.15) is 5.26 Å². The van der Waals surface area contributed by atoms with Gasteiger partial charge in [-0.3, -0.25) is 0 Å². The summed E-state index contributed by atoms with van der Waals surface area (Å²) in [6.45, 7) is 0. The number of para-hydroxylation sites is 1. The first-order valence-corrected chi connectivity index (χ1v) is 4.96. The first-order chi connectivity index (χ1) is 7.76. The van der Waals surface area contributed by atoms with Crippen molar-refractivity contribution in [3.63, 3.8) is 0 Å². The number of methoxy groups -OCH3 is 1. The summed E-state index contributed by atoms with van der Waals surface area (Å²) in [5, 5.41) is 8.90. The summed E-state index contributed by atoms with van der Waals surface area (Å²) in [5.41, 5.74) is 2.64. The zero-order valence-corrected chi connectivity index (χ0v) is 9.27. The van der Waals surface area contributed by atoms with Gasteiger partial charge < -0.3 is 9.30 Å². The monoisotopic (exact) mass is 212 g/mol. The van der Waals surface area contributed by atoms with Crippen LogP contribution < -0.4 is 4.74 Å². The molecule has 0 spiro atoms. The van der Waals surface area contributed by atoms with E-state index in [2.05, 4.69) is 6.07 Å². The topological polar surface area (TPSA) is 37.9 Å². The van der Waals surface area contributed by atoms with Crippen molar-refractivity contribution in [3.8, 4) is 22.9 Å². The molecule has 0 amide bonds. The van der Waals surface area contributed by atoms with Crippen molar-refractivity contribution >= 4 is 0 Å². The predicted octanol–water partition coefficient (Wildman–Crippen LogP) is 2.57. The second-order valence-electron chi connectivity index (χ2n) is 3.54. The largest absolute Gasteiger partial charge is 0.496 e. The Hall–Kier alpha value is -2.21. The minimum absolute atomic E-state index is 0.640. The molecule has 0 bridgehead atoms. The lowest BCUT2D eigenvalue weighted by Gasteiger charge is -2.05. The normalized spacial score (nSPS) is 9.81. The lowest BCUT2D eigenvalue weighted by atomic mass is 10.1. The number of aromatic nitrogens is 1. The minimum Gasteiger partial charge on any atom is -0.496 e. The number of nitriles is 1. The SMILES string of the molecule is COc1ccccc1-c1cc(C#N)n(C)c1. The Morgan fingerprint density at radius 2 is 2.06 bits per heavy atom. The molecule has 1 heterocycles. The van der Waals surface area contributed by atoms with Gasteiger partial charge in [0.15, 0.2) is 0 Å². The number of benzene rings is 1. The molecular formula is C13H12N2O. The van der Waals surface area contributed by atoms with Crippen LogP contribution in [0.4, 0.5) is 0 Å². The summed E-state index contributed by atoms with van der Waals surface area (Å²) in [6, 6.07) is 11.8. The summed E-state index contributed by atoms with van der Waals surface area (Å²) in [6.07, 6.45) is 1.93. The van der Waals surface area contributed by atoms with Crippen molar-refractivity contribution in [3.05, 3.63) is 42.2 Å². The summed E-state index contributed by atoms with van der Waals surface area (Å²) >= 11 is 0. The highest BCUT2D eigenvalue weighted by molar-refractivity contribution is 5.71. The zero-order chi connectivity index (χ0) is 11.5. The van der Waals surface area contributed by atoms with Gasteiger partial charge in [0.2, 0.25) is 0 Å². The average Bonchev–Trinajstić information content (AvgIpc) is 2.70. The molecule has 1 aromatic heterocycles. The number of rotatable bonds is 2. The molecule has 0 fully saturated rings. The number of nitrogens with zero attached hydrogens (tertiary/aromatic N) is 2. The van der Waals surface area contributed by atoms with Crippen molar-refractivity contribution in [2.45, 2.75) is 0 Å². The van der Waals surface area contributed by atoms with Crippen molar-refractivity contribution in [2.24, 2.45) is 7.05 Å². The van der Waals surface area contributed by atoms with Gasteiger partial charge in [-0.25, -0.2) is 0 Å². The first kappa shape index (κ1) is 10.3. The quantitative estimate of drug-likeness (QED) is 0.767. The molecule has 0 saturated carbocycles. The lowest BCUT2D eigenvalue weighted by molar-refractivity contribution is 0.416. The molecule has 0 aliphatic carbocycles. The molecule has 0 aliphatic rings. The molecule has 3 heteroatoms. The minimum atomic E-state index is 0.640. The number of aryl methyl sites for hydroxylation is 1. The fraction of sp³-hybridized carbons (Fsp3) is 0.154. The molecule has 16 heavy (non-hydrogen) atoms. The van der Waals surface area contributed by atoms with E-state index in [1.807, 2.05) is 48.1 Å². The van der Waals surface area contributed by atoms with Crippen molar-refractivity contribution in [2.75, 3.05) is 7.11 Å². The van der Waals surface area contributed by atoms with E-state index in [-0.39, 0.29) is 0 Å². The van der Waals surface area contributed by atoms with Crippen LogP contribution in [-0.2, 0) is 7.05 Å². The predicted molar refractivity (Wildman–Crippen MR) is 62.1 cm³/mol. The molecule has 1 aromatic carbocycles. The first-order valence-electron chi connectivity index (χ1n) is 4.96. The summed E-state index contributed by atoms with van der Waals surface area (Å²) in [4.78, 5) is 0. The highest BCUT2D eigenvalue weighted by Crippen LogP contribution is 2.30. The summed E-state index contributed by atoms with van der Waals surface area (Å²) < 4.78 is 7.10. The molecule has 0 atom stereocenters. The Morgan fingerprint density at radius 3 is 2.69 bits per heavy atom. The van der Waals surface area contributed by atoms with Crippen molar-refractivity contribution in [1.29, 1.82) is 5.26 Å². The van der Waals surface area contributed by atoms with E-state index in [0.29, 0.717) is 5.69 Å². The van der Waals surface area contributed by atoms with E-state index in [1.165, 1.54) is 0 Å². The third-order valence-electron chi connectivity index (χ3n) is 2.54. The Kier molecular flexibility index (Phi) is 2.65.